The number of Topliss-reactive ketones (excluding diaryl/α,β-unsaturated/α-hetero) is 1. The van der Waals surface area contributed by atoms with Gasteiger partial charge in [0.05, 0.1) is 18.4 Å². The second-order valence-electron chi connectivity index (χ2n) is 6.81. The number of hydrogen-bond donors (Lipinski definition) is 1. The first-order chi connectivity index (χ1) is 12.9. The van der Waals surface area contributed by atoms with Crippen LogP contribution in [0.2, 0.25) is 0 Å². The fourth-order valence-corrected chi connectivity index (χ4v) is 3.24. The van der Waals surface area contributed by atoms with E-state index >= 15 is 0 Å². The number of ketones is 1. The SMILES string of the molecule is CCOc1cccc(N2C(=O)C(O)=C(C(=O)CC(C)C)C2c2ccco2)c1. The van der Waals surface area contributed by atoms with E-state index in [2.05, 4.69) is 0 Å². The molecule has 0 spiro atoms. The third-order valence-corrected chi connectivity index (χ3v) is 4.32. The van der Waals surface area contributed by atoms with E-state index < -0.39 is 17.7 Å². The van der Waals surface area contributed by atoms with Crippen molar-refractivity contribution in [3.63, 3.8) is 0 Å². The van der Waals surface area contributed by atoms with Crippen LogP contribution in [-0.2, 0) is 9.59 Å². The van der Waals surface area contributed by atoms with Crippen molar-refractivity contribution in [1.82, 2.24) is 0 Å². The van der Waals surface area contributed by atoms with Crippen molar-refractivity contribution in [2.75, 3.05) is 11.5 Å². The van der Waals surface area contributed by atoms with Crippen molar-refractivity contribution in [2.24, 2.45) is 5.92 Å². The Morgan fingerprint density at radius 1 is 1.30 bits per heavy atom. The van der Waals surface area contributed by atoms with E-state index in [4.69, 9.17) is 9.15 Å². The highest BCUT2D eigenvalue weighted by Gasteiger charge is 2.45. The van der Waals surface area contributed by atoms with Crippen molar-refractivity contribution in [3.05, 3.63) is 59.8 Å². The first kappa shape index (κ1) is 18.8. The predicted molar refractivity (Wildman–Crippen MR) is 101 cm³/mol. The van der Waals surface area contributed by atoms with E-state index in [1.165, 1.54) is 11.2 Å². The second kappa shape index (κ2) is 7.70. The number of anilines is 1. The van der Waals surface area contributed by atoms with Gasteiger partial charge in [0.2, 0.25) is 0 Å². The van der Waals surface area contributed by atoms with Crippen LogP contribution in [0, 0.1) is 5.92 Å². The van der Waals surface area contributed by atoms with E-state index in [1.807, 2.05) is 20.8 Å². The molecule has 0 radical (unpaired) electrons. The molecule has 2 aromatic rings. The van der Waals surface area contributed by atoms with Gasteiger partial charge in [-0.2, -0.15) is 0 Å². The number of aliphatic hydroxyl groups excluding tert-OH is 1. The summed E-state index contributed by atoms with van der Waals surface area (Å²) in [5.41, 5.74) is 0.594. The van der Waals surface area contributed by atoms with Gasteiger partial charge < -0.3 is 14.3 Å². The smallest absolute Gasteiger partial charge is 0.294 e. The highest BCUT2D eigenvalue weighted by molar-refractivity contribution is 6.16. The molecule has 1 atom stereocenters. The minimum absolute atomic E-state index is 0.0745. The summed E-state index contributed by atoms with van der Waals surface area (Å²) in [6.07, 6.45) is 1.71. The Morgan fingerprint density at radius 3 is 2.70 bits per heavy atom. The number of carbonyl (C=O) groups excluding carboxylic acids is 2. The Morgan fingerprint density at radius 2 is 2.07 bits per heavy atom. The average molecular weight is 369 g/mol. The summed E-state index contributed by atoms with van der Waals surface area (Å²) in [5.74, 6) is -0.300. The lowest BCUT2D eigenvalue weighted by Gasteiger charge is -2.25. The molecule has 1 aromatic heterocycles. The number of amides is 1. The molecule has 1 N–H and O–H groups in total. The molecule has 2 heterocycles. The number of furan rings is 1. The summed E-state index contributed by atoms with van der Waals surface area (Å²) in [6.45, 7) is 6.19. The number of hydrogen-bond acceptors (Lipinski definition) is 5. The highest BCUT2D eigenvalue weighted by Crippen LogP contribution is 2.42. The fourth-order valence-electron chi connectivity index (χ4n) is 3.24. The molecule has 0 aliphatic carbocycles. The molecule has 0 fully saturated rings. The van der Waals surface area contributed by atoms with Gasteiger partial charge in [0.25, 0.3) is 5.91 Å². The maximum absolute atomic E-state index is 12.9. The topological polar surface area (TPSA) is 80.0 Å². The summed E-state index contributed by atoms with van der Waals surface area (Å²) in [6, 6.07) is 9.56. The van der Waals surface area contributed by atoms with Crippen LogP contribution in [0.25, 0.3) is 0 Å². The van der Waals surface area contributed by atoms with Crippen LogP contribution < -0.4 is 9.64 Å². The van der Waals surface area contributed by atoms with Gasteiger partial charge in [0.1, 0.15) is 17.6 Å². The van der Waals surface area contributed by atoms with Crippen molar-refractivity contribution >= 4 is 17.4 Å². The lowest BCUT2D eigenvalue weighted by atomic mass is 9.95. The highest BCUT2D eigenvalue weighted by atomic mass is 16.5. The van der Waals surface area contributed by atoms with Gasteiger partial charge in [-0.3, -0.25) is 14.5 Å². The van der Waals surface area contributed by atoms with Gasteiger partial charge in [-0.05, 0) is 37.1 Å². The molecule has 142 valence electrons. The van der Waals surface area contributed by atoms with Crippen LogP contribution in [0.1, 0.15) is 39.0 Å². The Balaban J connectivity index is 2.08. The first-order valence-corrected chi connectivity index (χ1v) is 9.00. The number of carbonyl (C=O) groups is 2. The number of nitrogens with zero attached hydrogens (tertiary/aromatic N) is 1. The largest absolute Gasteiger partial charge is 0.503 e. The maximum Gasteiger partial charge on any atom is 0.294 e. The van der Waals surface area contributed by atoms with Gasteiger partial charge in [0.15, 0.2) is 11.5 Å². The number of aliphatic hydroxyl groups is 1. The van der Waals surface area contributed by atoms with Crippen molar-refractivity contribution < 1.29 is 23.8 Å². The lowest BCUT2D eigenvalue weighted by molar-refractivity contribution is -0.118. The van der Waals surface area contributed by atoms with Gasteiger partial charge in [0, 0.05) is 18.2 Å². The van der Waals surface area contributed by atoms with Crippen LogP contribution in [-0.4, -0.2) is 23.4 Å². The minimum atomic E-state index is -0.810. The first-order valence-electron chi connectivity index (χ1n) is 9.00. The molecular weight excluding hydrogens is 346 g/mol. The molecule has 6 nitrogen and oxygen atoms in total. The normalized spacial score (nSPS) is 17.1. The van der Waals surface area contributed by atoms with Crippen LogP contribution in [0.15, 0.2) is 58.4 Å². The van der Waals surface area contributed by atoms with Crippen molar-refractivity contribution in [3.8, 4) is 5.75 Å². The van der Waals surface area contributed by atoms with Gasteiger partial charge in [-0.1, -0.05) is 19.9 Å². The molecule has 1 aliphatic rings. The second-order valence-corrected chi connectivity index (χ2v) is 6.81. The standard InChI is InChI=1S/C21H23NO5/c1-4-26-15-8-5-7-14(12-15)22-19(17-9-6-10-27-17)18(20(24)21(22)25)16(23)11-13(2)3/h5-10,12-13,19,24H,4,11H2,1-3H3. The van der Waals surface area contributed by atoms with Gasteiger partial charge >= 0.3 is 0 Å². The lowest BCUT2D eigenvalue weighted by Crippen LogP contribution is -2.30. The Kier molecular flexibility index (Phi) is 5.35. The van der Waals surface area contributed by atoms with E-state index in [9.17, 15) is 14.7 Å². The van der Waals surface area contributed by atoms with E-state index in [0.29, 0.717) is 23.8 Å². The Hall–Kier alpha value is -3.02. The van der Waals surface area contributed by atoms with E-state index in [0.717, 1.165) is 0 Å². The molecule has 3 rings (SSSR count). The van der Waals surface area contributed by atoms with E-state index in [-0.39, 0.29) is 23.7 Å². The summed E-state index contributed by atoms with van der Waals surface area (Å²) < 4.78 is 11.0. The zero-order valence-corrected chi connectivity index (χ0v) is 15.6. The van der Waals surface area contributed by atoms with Crippen LogP contribution >= 0.6 is 0 Å². The zero-order valence-electron chi connectivity index (χ0n) is 15.6. The maximum atomic E-state index is 12.9. The number of benzene rings is 1. The predicted octanol–water partition coefficient (Wildman–Crippen LogP) is 4.19. The molecule has 1 amide bonds. The molecule has 0 saturated carbocycles. The average Bonchev–Trinajstić information content (AvgIpc) is 3.22. The number of ether oxygens (including phenoxy) is 1. The van der Waals surface area contributed by atoms with Crippen molar-refractivity contribution in [1.29, 1.82) is 0 Å². The summed E-state index contributed by atoms with van der Waals surface area (Å²) >= 11 is 0. The molecule has 1 aromatic carbocycles. The third-order valence-electron chi connectivity index (χ3n) is 4.32. The Bertz CT molecular complexity index is 866. The quantitative estimate of drug-likeness (QED) is 0.791. The zero-order chi connectivity index (χ0) is 19.6. The molecule has 27 heavy (non-hydrogen) atoms. The fraction of sp³-hybridized carbons (Fsp3) is 0.333. The molecule has 1 aliphatic heterocycles. The van der Waals surface area contributed by atoms with Crippen LogP contribution in [0.5, 0.6) is 5.75 Å². The summed E-state index contributed by atoms with van der Waals surface area (Å²) in [5, 5.41) is 10.5. The summed E-state index contributed by atoms with van der Waals surface area (Å²) in [7, 11) is 0. The van der Waals surface area contributed by atoms with Crippen LogP contribution in [0.3, 0.4) is 0 Å². The Labute approximate surface area is 158 Å². The minimum Gasteiger partial charge on any atom is -0.503 e. The van der Waals surface area contributed by atoms with Crippen molar-refractivity contribution in [2.45, 2.75) is 33.2 Å². The summed E-state index contributed by atoms with van der Waals surface area (Å²) in [4.78, 5) is 27.0. The number of rotatable bonds is 7. The van der Waals surface area contributed by atoms with Gasteiger partial charge in [-0.15, -0.1) is 0 Å². The van der Waals surface area contributed by atoms with E-state index in [1.54, 1.807) is 36.4 Å². The third kappa shape index (κ3) is 3.60. The van der Waals surface area contributed by atoms with Crippen LogP contribution in [0.4, 0.5) is 5.69 Å². The molecule has 0 bridgehead atoms. The molecule has 0 saturated heterocycles. The molecule has 6 heteroatoms. The van der Waals surface area contributed by atoms with Gasteiger partial charge in [-0.25, -0.2) is 0 Å². The molecule has 1 unspecified atom stereocenters. The molecular formula is C21H23NO5. The monoisotopic (exact) mass is 369 g/mol.